The number of fused-ring (bicyclic) bond motifs is 2. The number of allylic oxidation sites excluding steroid dienone is 1. The highest BCUT2D eigenvalue weighted by Gasteiger charge is 2.40. The second-order valence-corrected chi connectivity index (χ2v) is 8.46. The molecule has 0 aromatic heterocycles. The zero-order valence-corrected chi connectivity index (χ0v) is 19.2. The summed E-state index contributed by atoms with van der Waals surface area (Å²) in [6.45, 7) is 1.24. The maximum absolute atomic E-state index is 13.4. The van der Waals surface area contributed by atoms with Gasteiger partial charge in [0.05, 0.1) is 43.9 Å². The van der Waals surface area contributed by atoms with Crippen molar-refractivity contribution in [2.24, 2.45) is 0 Å². The molecule has 0 amide bonds. The zero-order chi connectivity index (χ0) is 24.5. The number of nitrogens with zero attached hydrogens (tertiary/aromatic N) is 2. The molecule has 10 heteroatoms. The molecule has 0 radical (unpaired) electrons. The number of carbonyl (C=O) groups excluding carboxylic acids is 2. The minimum Gasteiger partial charge on any atom is -0.492 e. The summed E-state index contributed by atoms with van der Waals surface area (Å²) in [4.78, 5) is 35.7. The fraction of sp³-hybridized carbons (Fsp3) is 0.333. The van der Waals surface area contributed by atoms with Crippen molar-refractivity contribution >= 4 is 23.5 Å². The number of nitro benzene ring substituents is 1. The van der Waals surface area contributed by atoms with E-state index in [2.05, 4.69) is 0 Å². The third-order valence-corrected chi connectivity index (χ3v) is 6.15. The summed E-state index contributed by atoms with van der Waals surface area (Å²) >= 11 is 0. The Hall–Kier alpha value is -3.92. The Labute approximate surface area is 196 Å². The predicted octanol–water partition coefficient (Wildman–Crippen LogP) is 2.90. The Bertz CT molecular complexity index is 1190. The van der Waals surface area contributed by atoms with Crippen LogP contribution in [0, 0.1) is 10.1 Å². The topological polar surface area (TPSA) is 114 Å². The lowest BCUT2D eigenvalue weighted by molar-refractivity contribution is -0.917. The molecule has 4 rings (SSSR count). The van der Waals surface area contributed by atoms with Gasteiger partial charge in [0.25, 0.3) is 5.69 Å². The monoisotopic (exact) mass is 469 g/mol. The lowest BCUT2D eigenvalue weighted by atomic mass is 9.89. The molecule has 0 spiro atoms. The van der Waals surface area contributed by atoms with E-state index in [1.165, 1.54) is 32.4 Å². The van der Waals surface area contributed by atoms with Gasteiger partial charge in [0.2, 0.25) is 12.5 Å². The number of ether oxygens (including phenoxy) is 4. The summed E-state index contributed by atoms with van der Waals surface area (Å²) < 4.78 is 22.3. The Morgan fingerprint density at radius 1 is 1.15 bits per heavy atom. The molecule has 0 saturated carbocycles. The van der Waals surface area contributed by atoms with Crippen LogP contribution in [0.2, 0.25) is 0 Å². The van der Waals surface area contributed by atoms with Gasteiger partial charge in [-0.3, -0.25) is 14.9 Å². The lowest BCUT2D eigenvalue weighted by Crippen LogP contribution is -2.51. The van der Waals surface area contributed by atoms with Crippen LogP contribution in [0.15, 0.2) is 30.3 Å². The average molecular weight is 469 g/mol. The highest BCUT2D eigenvalue weighted by molar-refractivity contribution is 6.11. The number of nitro groups is 1. The summed E-state index contributed by atoms with van der Waals surface area (Å²) in [5.74, 6) is 0.640. The van der Waals surface area contributed by atoms with Crippen LogP contribution in [-0.2, 0) is 22.5 Å². The number of hydrogen-bond acceptors (Lipinski definition) is 8. The van der Waals surface area contributed by atoms with Gasteiger partial charge in [-0.1, -0.05) is 6.08 Å². The normalized spacial score (nSPS) is 18.4. The molecule has 2 heterocycles. The van der Waals surface area contributed by atoms with Crippen LogP contribution in [0.3, 0.4) is 0 Å². The van der Waals surface area contributed by atoms with Gasteiger partial charge in [0, 0.05) is 18.6 Å². The first-order valence-corrected chi connectivity index (χ1v) is 10.6. The van der Waals surface area contributed by atoms with Crippen LogP contribution in [-0.4, -0.2) is 62.3 Å². The Morgan fingerprint density at radius 3 is 2.50 bits per heavy atom. The maximum atomic E-state index is 13.4. The van der Waals surface area contributed by atoms with Crippen molar-refractivity contribution in [1.82, 2.24) is 0 Å². The molecule has 0 aliphatic carbocycles. The van der Waals surface area contributed by atoms with Crippen LogP contribution in [0.5, 0.6) is 17.2 Å². The lowest BCUT2D eigenvalue weighted by Gasteiger charge is -2.38. The highest BCUT2D eigenvalue weighted by atomic mass is 16.7. The molecule has 10 nitrogen and oxygen atoms in total. The van der Waals surface area contributed by atoms with Gasteiger partial charge in [0.1, 0.15) is 6.54 Å². The first-order valence-electron chi connectivity index (χ1n) is 10.6. The molecule has 0 unspecified atom stereocenters. The van der Waals surface area contributed by atoms with E-state index < -0.39 is 4.92 Å². The number of likely N-dealkylation sites (N-methyl/N-ethyl adjacent to an activating group) is 1. The van der Waals surface area contributed by atoms with Crippen molar-refractivity contribution in [1.29, 1.82) is 0 Å². The smallest absolute Gasteiger partial charge is 0.361 e. The van der Waals surface area contributed by atoms with Crippen LogP contribution < -0.4 is 14.2 Å². The molecule has 0 fully saturated rings. The molecule has 178 valence electrons. The fourth-order valence-corrected chi connectivity index (χ4v) is 4.43. The molecular weight excluding hydrogens is 444 g/mol. The Morgan fingerprint density at radius 2 is 1.85 bits per heavy atom. The van der Waals surface area contributed by atoms with E-state index in [0.717, 1.165) is 11.1 Å². The summed E-state index contributed by atoms with van der Waals surface area (Å²) in [6, 6.07) is 5.92. The van der Waals surface area contributed by atoms with Crippen LogP contribution in [0.4, 0.5) is 5.69 Å². The molecule has 1 atom stereocenters. The number of esters is 1. The molecular formula is C24H25N2O8+. The van der Waals surface area contributed by atoms with E-state index in [9.17, 15) is 19.7 Å². The Balaban J connectivity index is 1.72. The van der Waals surface area contributed by atoms with Gasteiger partial charge in [-0.2, -0.15) is 0 Å². The van der Waals surface area contributed by atoms with Gasteiger partial charge in [-0.15, -0.1) is 0 Å². The summed E-state index contributed by atoms with van der Waals surface area (Å²) in [7, 11) is 4.85. The fourth-order valence-electron chi connectivity index (χ4n) is 4.43. The van der Waals surface area contributed by atoms with Crippen LogP contribution in [0.1, 0.15) is 27.0 Å². The van der Waals surface area contributed by atoms with Crippen molar-refractivity contribution in [3.05, 3.63) is 62.7 Å². The minimum absolute atomic E-state index is 0.0239. The van der Waals surface area contributed by atoms with Gasteiger partial charge >= 0.3 is 5.97 Å². The van der Waals surface area contributed by atoms with Gasteiger partial charge in [0.15, 0.2) is 23.8 Å². The first-order chi connectivity index (χ1) is 16.3. The van der Waals surface area contributed by atoms with E-state index >= 15 is 0 Å². The van der Waals surface area contributed by atoms with E-state index in [1.807, 2.05) is 7.05 Å². The second-order valence-electron chi connectivity index (χ2n) is 8.46. The van der Waals surface area contributed by atoms with Crippen LogP contribution >= 0.6 is 0 Å². The first kappa shape index (κ1) is 23.2. The molecule has 2 aliphatic heterocycles. The van der Waals surface area contributed by atoms with Crippen molar-refractivity contribution in [2.45, 2.75) is 13.0 Å². The third kappa shape index (κ3) is 4.32. The Kier molecular flexibility index (Phi) is 6.25. The van der Waals surface area contributed by atoms with E-state index in [-0.39, 0.29) is 30.8 Å². The number of hydrogen-bond donors (Lipinski definition) is 0. The molecule has 34 heavy (non-hydrogen) atoms. The number of non-ortho nitro benzene ring substituents is 1. The van der Waals surface area contributed by atoms with E-state index in [0.29, 0.717) is 52.4 Å². The number of ketones is 1. The van der Waals surface area contributed by atoms with Gasteiger partial charge < -0.3 is 23.4 Å². The standard InChI is InChI=1S/C24H25N2O8/c1-26(13-20(28)31-2)11-10-17-18(12-26)22(32-3)24-23(33-14-34-24)21(17)19(27)9-6-15-4-7-16(8-5-15)25(29)30/h4-9H,10-14H2,1-3H3/q+1/b9-6+/t26-/m1/s1. The number of rotatable bonds is 7. The molecule has 2 aromatic rings. The quantitative estimate of drug-likeness (QED) is 0.152. The van der Waals surface area contributed by atoms with Crippen molar-refractivity contribution in [2.75, 3.05) is 41.1 Å². The van der Waals surface area contributed by atoms with Crippen molar-refractivity contribution in [3.63, 3.8) is 0 Å². The van der Waals surface area contributed by atoms with Crippen molar-refractivity contribution < 1.29 is 37.9 Å². The summed E-state index contributed by atoms with van der Waals surface area (Å²) in [5, 5.41) is 10.9. The SMILES string of the molecule is COC(=O)C[N@+]1(C)CCc2c(c(OC)c3c(c2C(=O)/C=C/c2ccc([N+](=O)[O-])cc2)OCO3)C1. The largest absolute Gasteiger partial charge is 0.492 e. The molecule has 2 aromatic carbocycles. The third-order valence-electron chi connectivity index (χ3n) is 6.15. The van der Waals surface area contributed by atoms with Crippen LogP contribution in [0.25, 0.3) is 6.08 Å². The van der Waals surface area contributed by atoms with Gasteiger partial charge in [-0.05, 0) is 29.3 Å². The molecule has 0 N–H and O–H groups in total. The average Bonchev–Trinajstić information content (AvgIpc) is 3.30. The number of benzene rings is 2. The number of quaternary nitrogens is 1. The second kappa shape index (κ2) is 9.14. The van der Waals surface area contributed by atoms with E-state index in [4.69, 9.17) is 18.9 Å². The summed E-state index contributed by atoms with van der Waals surface area (Å²) in [5.41, 5.74) is 2.64. The number of methoxy groups -OCH3 is 2. The number of carbonyl (C=O) groups is 2. The maximum Gasteiger partial charge on any atom is 0.361 e. The van der Waals surface area contributed by atoms with E-state index in [1.54, 1.807) is 18.2 Å². The van der Waals surface area contributed by atoms with Crippen molar-refractivity contribution in [3.8, 4) is 17.2 Å². The predicted molar refractivity (Wildman–Crippen MR) is 121 cm³/mol. The molecule has 0 bridgehead atoms. The molecule has 0 saturated heterocycles. The zero-order valence-electron chi connectivity index (χ0n) is 19.2. The minimum atomic E-state index is -0.477. The molecule has 2 aliphatic rings. The highest BCUT2D eigenvalue weighted by Crippen LogP contribution is 2.50. The van der Waals surface area contributed by atoms with Gasteiger partial charge in [-0.25, -0.2) is 4.79 Å². The summed E-state index contributed by atoms with van der Waals surface area (Å²) in [6.07, 6.45) is 3.55.